The Kier molecular flexibility index (Phi) is 2.50. The van der Waals surface area contributed by atoms with Gasteiger partial charge in [-0.3, -0.25) is 0 Å². The molecule has 0 atom stereocenters. The van der Waals surface area contributed by atoms with Crippen LogP contribution in [0.15, 0.2) is 24.3 Å². The van der Waals surface area contributed by atoms with Crippen molar-refractivity contribution in [3.05, 3.63) is 39.7 Å². The van der Waals surface area contributed by atoms with Crippen molar-refractivity contribution in [2.24, 2.45) is 5.73 Å². The molecule has 0 aliphatic heterocycles. The van der Waals surface area contributed by atoms with E-state index in [1.54, 1.807) is 11.3 Å². The third-order valence-corrected chi connectivity index (χ3v) is 4.18. The number of fused-ring (bicyclic) bond motifs is 3. The highest BCUT2D eigenvalue weighted by Gasteiger charge is 2.18. The van der Waals surface area contributed by atoms with E-state index in [1.165, 1.54) is 28.1 Å². The summed E-state index contributed by atoms with van der Waals surface area (Å²) in [5.41, 5.74) is 9.59. The molecule has 3 rings (SSSR count). The number of nitrogens with two attached hydrogens (primary N) is 1. The van der Waals surface area contributed by atoms with Crippen molar-refractivity contribution in [1.29, 1.82) is 0 Å². The van der Waals surface area contributed by atoms with E-state index in [0.717, 1.165) is 17.8 Å². The topological polar surface area (TPSA) is 38.9 Å². The molecule has 3 heteroatoms. The van der Waals surface area contributed by atoms with Gasteiger partial charge >= 0.3 is 0 Å². The van der Waals surface area contributed by atoms with Gasteiger partial charge in [-0.15, -0.1) is 11.3 Å². The maximum Gasteiger partial charge on any atom is 0.107 e. The van der Waals surface area contributed by atoms with Crippen LogP contribution in [0, 0.1) is 0 Å². The number of hydrogen-bond acceptors (Lipinski definition) is 3. The van der Waals surface area contributed by atoms with Gasteiger partial charge in [0.05, 0.1) is 5.69 Å². The van der Waals surface area contributed by atoms with Crippen molar-refractivity contribution < 1.29 is 0 Å². The number of nitrogens with zero attached hydrogens (tertiary/aromatic N) is 1. The van der Waals surface area contributed by atoms with Crippen molar-refractivity contribution >= 4 is 11.3 Å². The zero-order valence-electron chi connectivity index (χ0n) is 9.07. The first-order valence-corrected chi connectivity index (χ1v) is 6.47. The van der Waals surface area contributed by atoms with Crippen LogP contribution in [-0.2, 0) is 19.4 Å². The fourth-order valence-corrected chi connectivity index (χ4v) is 3.28. The maximum atomic E-state index is 5.67. The molecular weight excluding hydrogens is 216 g/mol. The molecule has 1 aliphatic carbocycles. The van der Waals surface area contributed by atoms with Gasteiger partial charge in [-0.2, -0.15) is 0 Å². The van der Waals surface area contributed by atoms with Crippen molar-refractivity contribution in [2.75, 3.05) is 0 Å². The average Bonchev–Trinajstić information content (AvgIpc) is 2.66. The van der Waals surface area contributed by atoms with Gasteiger partial charge in [-0.1, -0.05) is 24.3 Å². The highest BCUT2D eigenvalue weighted by molar-refractivity contribution is 7.12. The van der Waals surface area contributed by atoms with E-state index in [1.807, 2.05) is 0 Å². The van der Waals surface area contributed by atoms with Gasteiger partial charge in [0.1, 0.15) is 5.01 Å². The minimum absolute atomic E-state index is 0.555. The largest absolute Gasteiger partial charge is 0.325 e. The summed E-state index contributed by atoms with van der Waals surface area (Å²) in [6, 6.07) is 8.60. The Morgan fingerprint density at radius 1 is 1.25 bits per heavy atom. The Bertz CT molecular complexity index is 516. The Morgan fingerprint density at radius 2 is 2.12 bits per heavy atom. The fraction of sp³-hybridized carbons (Fsp3) is 0.308. The summed E-state index contributed by atoms with van der Waals surface area (Å²) in [7, 11) is 0. The van der Waals surface area contributed by atoms with Gasteiger partial charge in [-0.25, -0.2) is 4.98 Å². The van der Waals surface area contributed by atoms with Crippen LogP contribution in [0.1, 0.15) is 21.9 Å². The van der Waals surface area contributed by atoms with Gasteiger partial charge < -0.3 is 5.73 Å². The normalized spacial score (nSPS) is 14.1. The van der Waals surface area contributed by atoms with Gasteiger partial charge in [0.15, 0.2) is 0 Å². The number of benzene rings is 1. The van der Waals surface area contributed by atoms with Crippen LogP contribution in [0.2, 0.25) is 0 Å². The highest BCUT2D eigenvalue weighted by Crippen LogP contribution is 2.34. The van der Waals surface area contributed by atoms with Gasteiger partial charge in [0.2, 0.25) is 0 Å². The van der Waals surface area contributed by atoms with Crippen LogP contribution < -0.4 is 5.73 Å². The molecule has 0 unspecified atom stereocenters. The zero-order chi connectivity index (χ0) is 11.0. The number of aromatic nitrogens is 1. The molecule has 1 heterocycles. The molecule has 1 aromatic carbocycles. The summed E-state index contributed by atoms with van der Waals surface area (Å²) in [4.78, 5) is 6.07. The average molecular weight is 230 g/mol. The second-order valence-electron chi connectivity index (χ2n) is 4.09. The van der Waals surface area contributed by atoms with Crippen LogP contribution in [0.3, 0.4) is 0 Å². The Morgan fingerprint density at radius 3 is 3.00 bits per heavy atom. The Balaban J connectivity index is 2.20. The molecule has 1 aliphatic rings. The van der Waals surface area contributed by atoms with Gasteiger partial charge in [-0.05, 0) is 24.8 Å². The molecule has 0 amide bonds. The lowest BCUT2D eigenvalue weighted by molar-refractivity contribution is 0.843. The van der Waals surface area contributed by atoms with Gasteiger partial charge in [0.25, 0.3) is 0 Å². The third-order valence-electron chi connectivity index (χ3n) is 3.04. The van der Waals surface area contributed by atoms with Crippen LogP contribution in [0.5, 0.6) is 0 Å². The standard InChI is InChI=1S/C13H14N2S/c14-8-12-15-13-10-6-2-1-4-9(10)5-3-7-11(13)16-12/h1-2,4,6H,3,5,7-8,14H2. The van der Waals surface area contributed by atoms with E-state index in [2.05, 4.69) is 29.2 Å². The SMILES string of the molecule is NCc1nc2c(s1)CCCc1ccccc1-2. The predicted octanol–water partition coefficient (Wildman–Crippen LogP) is 2.76. The van der Waals surface area contributed by atoms with Gasteiger partial charge in [0, 0.05) is 17.0 Å². The number of hydrogen-bond donors (Lipinski definition) is 1. The first kappa shape index (κ1) is 10.00. The molecule has 82 valence electrons. The van der Waals surface area contributed by atoms with Crippen molar-refractivity contribution in [3.8, 4) is 11.3 Å². The summed E-state index contributed by atoms with van der Waals surface area (Å²) in [5.74, 6) is 0. The first-order chi connectivity index (χ1) is 7.88. The van der Waals surface area contributed by atoms with Crippen LogP contribution >= 0.6 is 11.3 Å². The van der Waals surface area contributed by atoms with Crippen molar-refractivity contribution in [1.82, 2.24) is 4.98 Å². The summed E-state index contributed by atoms with van der Waals surface area (Å²) in [6.07, 6.45) is 3.52. The van der Waals surface area contributed by atoms with E-state index in [9.17, 15) is 0 Å². The number of aryl methyl sites for hydroxylation is 2. The monoisotopic (exact) mass is 230 g/mol. The van der Waals surface area contributed by atoms with E-state index < -0.39 is 0 Å². The van der Waals surface area contributed by atoms with Crippen LogP contribution in [-0.4, -0.2) is 4.98 Å². The smallest absolute Gasteiger partial charge is 0.107 e. The second kappa shape index (κ2) is 4.00. The van der Waals surface area contributed by atoms with E-state index in [4.69, 9.17) is 5.73 Å². The van der Waals surface area contributed by atoms with Crippen LogP contribution in [0.25, 0.3) is 11.3 Å². The second-order valence-corrected chi connectivity index (χ2v) is 5.26. The number of thiazole rings is 1. The Labute approximate surface area is 99.1 Å². The van der Waals surface area contributed by atoms with E-state index in [0.29, 0.717) is 6.54 Å². The molecule has 0 spiro atoms. The van der Waals surface area contributed by atoms with Crippen LogP contribution in [0.4, 0.5) is 0 Å². The maximum absolute atomic E-state index is 5.67. The predicted molar refractivity (Wildman–Crippen MR) is 67.5 cm³/mol. The molecular formula is C13H14N2S. The molecule has 2 aromatic rings. The van der Waals surface area contributed by atoms with Crippen molar-refractivity contribution in [2.45, 2.75) is 25.8 Å². The summed E-state index contributed by atoms with van der Waals surface area (Å²) in [6.45, 7) is 0.555. The molecule has 16 heavy (non-hydrogen) atoms. The molecule has 0 bridgehead atoms. The molecule has 0 saturated carbocycles. The minimum Gasteiger partial charge on any atom is -0.325 e. The lowest BCUT2D eigenvalue weighted by atomic mass is 10.0. The van der Waals surface area contributed by atoms with E-state index in [-0.39, 0.29) is 0 Å². The molecule has 0 fully saturated rings. The van der Waals surface area contributed by atoms with E-state index >= 15 is 0 Å². The minimum atomic E-state index is 0.555. The summed E-state index contributed by atoms with van der Waals surface area (Å²) >= 11 is 1.78. The third kappa shape index (κ3) is 1.56. The number of rotatable bonds is 1. The highest BCUT2D eigenvalue weighted by atomic mass is 32.1. The van der Waals surface area contributed by atoms with Crippen molar-refractivity contribution in [3.63, 3.8) is 0 Å². The molecule has 0 radical (unpaired) electrons. The molecule has 1 aromatic heterocycles. The summed E-state index contributed by atoms with van der Waals surface area (Å²) < 4.78 is 0. The molecule has 2 nitrogen and oxygen atoms in total. The lowest BCUT2D eigenvalue weighted by Gasteiger charge is -2.03. The quantitative estimate of drug-likeness (QED) is 0.818. The molecule has 2 N–H and O–H groups in total. The first-order valence-electron chi connectivity index (χ1n) is 5.65. The fourth-order valence-electron chi connectivity index (χ4n) is 2.28. The molecule has 0 saturated heterocycles. The zero-order valence-corrected chi connectivity index (χ0v) is 9.89. The lowest BCUT2D eigenvalue weighted by Crippen LogP contribution is -1.95. The summed E-state index contributed by atoms with van der Waals surface area (Å²) in [5, 5.41) is 1.06. The Hall–Kier alpha value is -1.19.